The molecule has 0 amide bonds. The fourth-order valence-electron chi connectivity index (χ4n) is 8.69. The lowest BCUT2D eigenvalue weighted by atomic mass is 9.82. The molecule has 0 aliphatic carbocycles. The van der Waals surface area contributed by atoms with Crippen LogP contribution in [0.4, 0.5) is 0 Å². The van der Waals surface area contributed by atoms with E-state index in [4.69, 9.17) is 23.4 Å². The van der Waals surface area contributed by atoms with Gasteiger partial charge in [-0.25, -0.2) is 0 Å². The summed E-state index contributed by atoms with van der Waals surface area (Å²) in [6.45, 7) is 21.6. The Balaban J connectivity index is 1.19. The fraction of sp³-hybridized carbons (Fsp3) is 0.574. The molecule has 53 heavy (non-hydrogen) atoms. The van der Waals surface area contributed by atoms with Gasteiger partial charge in [0.15, 0.2) is 5.79 Å². The third kappa shape index (κ3) is 10.6. The molecule has 2 aliphatic heterocycles. The van der Waals surface area contributed by atoms with Crippen LogP contribution in [0, 0.1) is 17.8 Å². The topological polar surface area (TPSA) is 46.2 Å². The number of hydrogen-bond acceptors (Lipinski definition) is 5. The molecule has 0 radical (unpaired) electrons. The molecular weight excluding hydrogens is 673 g/mol. The Labute approximate surface area is 322 Å². The first kappa shape index (κ1) is 41.6. The lowest BCUT2D eigenvalue weighted by molar-refractivity contribution is -0.331. The Bertz CT molecular complexity index is 1480. The minimum absolute atomic E-state index is 0.0496. The molecule has 2 saturated heterocycles. The van der Waals surface area contributed by atoms with Gasteiger partial charge in [0.25, 0.3) is 8.32 Å². The minimum Gasteiger partial charge on any atom is -0.407 e. The van der Waals surface area contributed by atoms with E-state index in [1.807, 2.05) is 6.07 Å². The van der Waals surface area contributed by atoms with Crippen molar-refractivity contribution in [3.8, 4) is 0 Å². The average Bonchev–Trinajstić information content (AvgIpc) is 3.65. The molecule has 3 aromatic rings. The molecule has 3 aromatic carbocycles. The molecule has 0 saturated carbocycles. The standard InChI is InChI=1S/C47H68O5Si/c1-10-22-39(48-34-38-23-14-11-15-24-38)25-20-21-30-44-37(4)45(52-47(8,9)51-44)36(3)43-32-31-42(50-43)35(2)33-49-53(46(5,6)7,40-26-16-12-17-27-40)41-28-18-13-19-29-41/h11-20,23-29,35-37,39,42-45H,10,21-22,30-34H2,1-9H3/b25-20+/t35-,36+,37+,39-,42+,43-,44+,45+/m0/s1. The third-order valence-corrected chi connectivity index (χ3v) is 16.6. The van der Waals surface area contributed by atoms with Gasteiger partial charge in [0.05, 0.1) is 37.1 Å². The Morgan fingerprint density at radius 3 is 2.02 bits per heavy atom. The van der Waals surface area contributed by atoms with Crippen molar-refractivity contribution in [1.29, 1.82) is 0 Å². The van der Waals surface area contributed by atoms with Crippen LogP contribution in [0.3, 0.4) is 0 Å². The van der Waals surface area contributed by atoms with Crippen molar-refractivity contribution >= 4 is 18.7 Å². The van der Waals surface area contributed by atoms with Gasteiger partial charge in [0.2, 0.25) is 0 Å². The summed E-state index contributed by atoms with van der Waals surface area (Å²) in [6, 6.07) is 32.3. The van der Waals surface area contributed by atoms with Crippen LogP contribution < -0.4 is 10.4 Å². The molecule has 290 valence electrons. The Morgan fingerprint density at radius 1 is 0.849 bits per heavy atom. The van der Waals surface area contributed by atoms with Crippen LogP contribution >= 0.6 is 0 Å². The van der Waals surface area contributed by atoms with Crippen molar-refractivity contribution in [3.63, 3.8) is 0 Å². The summed E-state index contributed by atoms with van der Waals surface area (Å²) in [5, 5.41) is 2.59. The molecule has 2 aliphatic rings. The Kier molecular flexibility index (Phi) is 14.8. The zero-order valence-corrected chi connectivity index (χ0v) is 35.1. The van der Waals surface area contributed by atoms with E-state index in [9.17, 15) is 0 Å². The number of allylic oxidation sites excluding steroid dienone is 1. The first-order valence-corrected chi connectivity index (χ1v) is 22.3. The van der Waals surface area contributed by atoms with E-state index in [1.54, 1.807) is 0 Å². The highest BCUT2D eigenvalue weighted by atomic mass is 28.4. The van der Waals surface area contributed by atoms with E-state index in [2.05, 4.69) is 159 Å². The molecule has 5 nitrogen and oxygen atoms in total. The number of hydrogen-bond donors (Lipinski definition) is 0. The fourth-order valence-corrected chi connectivity index (χ4v) is 13.4. The van der Waals surface area contributed by atoms with Gasteiger partial charge < -0.3 is 23.4 Å². The van der Waals surface area contributed by atoms with Crippen LogP contribution in [0.5, 0.6) is 0 Å². The lowest BCUT2D eigenvalue weighted by Crippen LogP contribution is -2.67. The number of benzene rings is 3. The van der Waals surface area contributed by atoms with E-state index >= 15 is 0 Å². The van der Waals surface area contributed by atoms with Gasteiger partial charge in [0, 0.05) is 24.4 Å². The molecule has 5 rings (SSSR count). The molecule has 6 heteroatoms. The largest absolute Gasteiger partial charge is 0.407 e. The van der Waals surface area contributed by atoms with Crippen LogP contribution in [0.25, 0.3) is 0 Å². The van der Waals surface area contributed by atoms with E-state index in [-0.39, 0.29) is 53.3 Å². The second-order valence-corrected chi connectivity index (χ2v) is 21.5. The predicted octanol–water partition coefficient (Wildman–Crippen LogP) is 10.3. The average molecular weight is 741 g/mol. The summed E-state index contributed by atoms with van der Waals surface area (Å²) < 4.78 is 33.8. The number of ether oxygens (including phenoxy) is 4. The third-order valence-electron chi connectivity index (χ3n) is 11.6. The van der Waals surface area contributed by atoms with Crippen molar-refractivity contribution in [2.75, 3.05) is 6.61 Å². The first-order valence-electron chi connectivity index (χ1n) is 20.4. The van der Waals surface area contributed by atoms with Crippen LogP contribution in [-0.2, 0) is 30.0 Å². The van der Waals surface area contributed by atoms with Crippen LogP contribution in [0.1, 0.15) is 106 Å². The highest BCUT2D eigenvalue weighted by molar-refractivity contribution is 6.99. The van der Waals surface area contributed by atoms with E-state index < -0.39 is 14.1 Å². The summed E-state index contributed by atoms with van der Waals surface area (Å²) in [5.41, 5.74) is 1.21. The van der Waals surface area contributed by atoms with Crippen molar-refractivity contribution in [2.24, 2.45) is 17.8 Å². The molecule has 0 unspecified atom stereocenters. The highest BCUT2D eigenvalue weighted by Gasteiger charge is 2.51. The summed E-state index contributed by atoms with van der Waals surface area (Å²) in [4.78, 5) is 0. The van der Waals surface area contributed by atoms with Crippen molar-refractivity contribution in [2.45, 2.75) is 149 Å². The maximum absolute atomic E-state index is 7.32. The molecule has 0 bridgehead atoms. The smallest absolute Gasteiger partial charge is 0.261 e. The van der Waals surface area contributed by atoms with Crippen molar-refractivity contribution in [1.82, 2.24) is 0 Å². The van der Waals surface area contributed by atoms with E-state index in [0.717, 1.165) is 38.5 Å². The van der Waals surface area contributed by atoms with Crippen LogP contribution in [0.15, 0.2) is 103 Å². The quantitative estimate of drug-likeness (QED) is 0.102. The molecule has 0 aromatic heterocycles. The molecule has 0 spiro atoms. The zero-order chi connectivity index (χ0) is 38.1. The van der Waals surface area contributed by atoms with Crippen molar-refractivity contribution in [3.05, 3.63) is 109 Å². The maximum atomic E-state index is 7.32. The van der Waals surface area contributed by atoms with Gasteiger partial charge in [-0.05, 0) is 66.9 Å². The second kappa shape index (κ2) is 18.8. The van der Waals surface area contributed by atoms with Gasteiger partial charge in [-0.3, -0.25) is 0 Å². The van der Waals surface area contributed by atoms with Gasteiger partial charge in [0.1, 0.15) is 0 Å². The molecule has 2 fully saturated rings. The van der Waals surface area contributed by atoms with E-state index in [0.29, 0.717) is 13.2 Å². The summed E-state index contributed by atoms with van der Waals surface area (Å²) in [5.74, 6) is 0.135. The molecule has 0 N–H and O–H groups in total. The van der Waals surface area contributed by atoms with Gasteiger partial charge >= 0.3 is 0 Å². The molecule has 2 heterocycles. The number of rotatable bonds is 17. The highest BCUT2D eigenvalue weighted by Crippen LogP contribution is 2.42. The predicted molar refractivity (Wildman–Crippen MR) is 221 cm³/mol. The molecule has 8 atom stereocenters. The second-order valence-electron chi connectivity index (χ2n) is 17.2. The normalized spacial score (nSPS) is 25.3. The summed E-state index contributed by atoms with van der Waals surface area (Å²) >= 11 is 0. The van der Waals surface area contributed by atoms with Crippen LogP contribution in [0.2, 0.25) is 5.04 Å². The Hall–Kier alpha value is -2.58. The van der Waals surface area contributed by atoms with Gasteiger partial charge in [-0.15, -0.1) is 0 Å². The zero-order valence-electron chi connectivity index (χ0n) is 34.1. The van der Waals surface area contributed by atoms with Crippen LogP contribution in [-0.4, -0.2) is 51.2 Å². The summed E-state index contributed by atoms with van der Waals surface area (Å²) in [6.07, 6.45) is 11.3. The monoisotopic (exact) mass is 740 g/mol. The van der Waals surface area contributed by atoms with Gasteiger partial charge in [-0.2, -0.15) is 0 Å². The van der Waals surface area contributed by atoms with Crippen molar-refractivity contribution < 1.29 is 23.4 Å². The lowest BCUT2D eigenvalue weighted by Gasteiger charge is -2.48. The molecular formula is C47H68O5Si. The minimum atomic E-state index is -2.61. The maximum Gasteiger partial charge on any atom is 0.261 e. The van der Waals surface area contributed by atoms with Gasteiger partial charge in [-0.1, -0.05) is 158 Å². The summed E-state index contributed by atoms with van der Waals surface area (Å²) in [7, 11) is -2.61. The SMILES string of the molecule is CCC[C@@H](/C=C/CC[C@H]1OC(C)(C)O[C@H]([C@H](C)[C@@H]2CC[C@H]([C@@H](C)CO[Si](c3ccccc3)(c3ccccc3)C(C)(C)C)O2)[C@@H]1C)OCc1ccccc1. The Morgan fingerprint density at radius 2 is 1.43 bits per heavy atom. The van der Waals surface area contributed by atoms with E-state index in [1.165, 1.54) is 15.9 Å². The first-order chi connectivity index (χ1) is 25.3.